The highest BCUT2D eigenvalue weighted by molar-refractivity contribution is 5.94. The average Bonchev–Trinajstić information content (AvgIpc) is 2.66. The van der Waals surface area contributed by atoms with Gasteiger partial charge >= 0.3 is 6.18 Å². The highest BCUT2D eigenvalue weighted by Crippen LogP contribution is 2.29. The second-order valence-electron chi connectivity index (χ2n) is 6.11. The number of alkyl halides is 3. The van der Waals surface area contributed by atoms with Gasteiger partial charge in [-0.25, -0.2) is 0 Å². The number of carbonyl (C=O) groups excluding carboxylic acids is 1. The molecule has 1 atom stereocenters. The third-order valence-electron chi connectivity index (χ3n) is 4.00. The number of carbonyl (C=O) groups is 1. The van der Waals surface area contributed by atoms with Gasteiger partial charge in [-0.3, -0.25) is 4.79 Å². The summed E-state index contributed by atoms with van der Waals surface area (Å²) in [5.74, 6) is 0.936. The lowest BCUT2D eigenvalue weighted by atomic mass is 10.1. The Labute approximate surface area is 161 Å². The summed E-state index contributed by atoms with van der Waals surface area (Å²) >= 11 is 0. The van der Waals surface area contributed by atoms with Crippen LogP contribution in [-0.2, 0) is 11.3 Å². The minimum absolute atomic E-state index is 0.182. The standard InChI is InChI=1S/C20H22F3NO4/c1-13(17-10-16(26-2)8-9-18(17)27-3)24-19(25)15-6-4-14(5-7-15)11-28-12-20(21,22)23/h4-10,13H,11-12H2,1-3H3,(H,24,25)/t13-/m1/s1. The van der Waals surface area contributed by atoms with Gasteiger partial charge in [0.05, 0.1) is 26.9 Å². The zero-order chi connectivity index (χ0) is 20.7. The molecule has 0 fully saturated rings. The molecule has 1 N–H and O–H groups in total. The van der Waals surface area contributed by atoms with Crippen molar-refractivity contribution in [2.24, 2.45) is 0 Å². The van der Waals surface area contributed by atoms with Gasteiger partial charge in [0.1, 0.15) is 18.1 Å². The van der Waals surface area contributed by atoms with Crippen LogP contribution >= 0.6 is 0 Å². The van der Waals surface area contributed by atoms with Crippen molar-refractivity contribution in [2.45, 2.75) is 25.7 Å². The number of rotatable bonds is 8. The van der Waals surface area contributed by atoms with Crippen LogP contribution in [0, 0.1) is 0 Å². The summed E-state index contributed by atoms with van der Waals surface area (Å²) in [5.41, 5.74) is 1.68. The molecule has 0 aliphatic rings. The van der Waals surface area contributed by atoms with Crippen LogP contribution in [0.4, 0.5) is 13.2 Å². The predicted molar refractivity (Wildman–Crippen MR) is 97.6 cm³/mol. The molecule has 1 amide bonds. The van der Waals surface area contributed by atoms with Crippen LogP contribution in [0.2, 0.25) is 0 Å². The number of amides is 1. The van der Waals surface area contributed by atoms with E-state index in [1.165, 1.54) is 12.1 Å². The van der Waals surface area contributed by atoms with Crippen molar-refractivity contribution < 1.29 is 32.2 Å². The summed E-state index contributed by atoms with van der Waals surface area (Å²) in [6.45, 7) is 0.322. The highest BCUT2D eigenvalue weighted by atomic mass is 19.4. The monoisotopic (exact) mass is 397 g/mol. The number of benzene rings is 2. The van der Waals surface area contributed by atoms with Crippen molar-refractivity contribution in [1.82, 2.24) is 5.32 Å². The molecule has 0 bridgehead atoms. The fraction of sp³-hybridized carbons (Fsp3) is 0.350. The van der Waals surface area contributed by atoms with Crippen molar-refractivity contribution in [3.05, 3.63) is 59.2 Å². The van der Waals surface area contributed by atoms with Crippen LogP contribution in [-0.4, -0.2) is 32.9 Å². The molecule has 0 aromatic heterocycles. The molecule has 0 aliphatic carbocycles. The number of ether oxygens (including phenoxy) is 3. The SMILES string of the molecule is COc1ccc(OC)c([C@@H](C)NC(=O)c2ccc(COCC(F)(F)F)cc2)c1. The maximum Gasteiger partial charge on any atom is 0.411 e. The molecule has 0 saturated carbocycles. The summed E-state index contributed by atoms with van der Waals surface area (Å²) in [7, 11) is 3.09. The summed E-state index contributed by atoms with van der Waals surface area (Å²) in [5, 5.41) is 2.87. The molecule has 0 heterocycles. The van der Waals surface area contributed by atoms with Crippen molar-refractivity contribution in [2.75, 3.05) is 20.8 Å². The van der Waals surface area contributed by atoms with E-state index in [0.29, 0.717) is 22.6 Å². The normalized spacial score (nSPS) is 12.4. The zero-order valence-electron chi connectivity index (χ0n) is 15.8. The Morgan fingerprint density at radius 3 is 2.32 bits per heavy atom. The Hall–Kier alpha value is -2.74. The fourth-order valence-corrected chi connectivity index (χ4v) is 2.57. The number of halogens is 3. The Morgan fingerprint density at radius 2 is 1.75 bits per heavy atom. The van der Waals surface area contributed by atoms with E-state index in [-0.39, 0.29) is 18.6 Å². The van der Waals surface area contributed by atoms with Crippen LogP contribution in [0.25, 0.3) is 0 Å². The third-order valence-corrected chi connectivity index (χ3v) is 4.00. The Balaban J connectivity index is 2.01. The molecule has 152 valence electrons. The van der Waals surface area contributed by atoms with E-state index >= 15 is 0 Å². The van der Waals surface area contributed by atoms with Crippen LogP contribution in [0.5, 0.6) is 11.5 Å². The summed E-state index contributed by atoms with van der Waals surface area (Å²) in [4.78, 5) is 12.5. The number of methoxy groups -OCH3 is 2. The van der Waals surface area contributed by atoms with Crippen molar-refractivity contribution in [3.63, 3.8) is 0 Å². The van der Waals surface area contributed by atoms with Gasteiger partial charge in [0.15, 0.2) is 0 Å². The summed E-state index contributed by atoms with van der Waals surface area (Å²) < 4.78 is 51.4. The molecule has 2 aromatic rings. The molecule has 0 aliphatic heterocycles. The first-order valence-corrected chi connectivity index (χ1v) is 8.49. The lowest BCUT2D eigenvalue weighted by Gasteiger charge is -2.18. The lowest BCUT2D eigenvalue weighted by molar-refractivity contribution is -0.176. The van der Waals surface area contributed by atoms with Crippen LogP contribution in [0.3, 0.4) is 0 Å². The van der Waals surface area contributed by atoms with Gasteiger partial charge in [-0.15, -0.1) is 0 Å². The maximum atomic E-state index is 12.5. The van der Waals surface area contributed by atoms with E-state index in [1.807, 2.05) is 6.92 Å². The molecule has 2 aromatic carbocycles. The number of nitrogens with one attached hydrogen (secondary N) is 1. The molecule has 0 radical (unpaired) electrons. The Bertz CT molecular complexity index is 791. The van der Waals surface area contributed by atoms with Gasteiger partial charge in [-0.1, -0.05) is 12.1 Å². The maximum absolute atomic E-state index is 12.5. The molecule has 8 heteroatoms. The minimum atomic E-state index is -4.36. The molecule has 0 spiro atoms. The average molecular weight is 397 g/mol. The second kappa shape index (κ2) is 9.45. The van der Waals surface area contributed by atoms with E-state index in [1.54, 1.807) is 44.6 Å². The van der Waals surface area contributed by atoms with Gasteiger partial charge in [-0.2, -0.15) is 13.2 Å². The molecule has 2 rings (SSSR count). The van der Waals surface area contributed by atoms with E-state index in [4.69, 9.17) is 9.47 Å². The summed E-state index contributed by atoms with van der Waals surface area (Å²) in [6, 6.07) is 11.1. The Morgan fingerprint density at radius 1 is 1.07 bits per heavy atom. The third kappa shape index (κ3) is 6.16. The van der Waals surface area contributed by atoms with E-state index < -0.39 is 12.8 Å². The van der Waals surface area contributed by atoms with E-state index in [2.05, 4.69) is 10.1 Å². The second-order valence-corrected chi connectivity index (χ2v) is 6.11. The van der Waals surface area contributed by atoms with Crippen LogP contribution < -0.4 is 14.8 Å². The lowest BCUT2D eigenvalue weighted by Crippen LogP contribution is -2.27. The first-order valence-electron chi connectivity index (χ1n) is 8.49. The van der Waals surface area contributed by atoms with Crippen LogP contribution in [0.15, 0.2) is 42.5 Å². The van der Waals surface area contributed by atoms with Gasteiger partial charge < -0.3 is 19.5 Å². The molecular weight excluding hydrogens is 375 g/mol. The fourth-order valence-electron chi connectivity index (χ4n) is 2.57. The van der Waals surface area contributed by atoms with Gasteiger partial charge in [-0.05, 0) is 42.8 Å². The van der Waals surface area contributed by atoms with Crippen LogP contribution in [0.1, 0.15) is 34.5 Å². The molecular formula is C20H22F3NO4. The van der Waals surface area contributed by atoms with Gasteiger partial charge in [0.2, 0.25) is 0 Å². The van der Waals surface area contributed by atoms with Gasteiger partial charge in [0, 0.05) is 11.1 Å². The molecule has 0 saturated heterocycles. The summed E-state index contributed by atoms with van der Waals surface area (Å²) in [6.07, 6.45) is -4.36. The smallest absolute Gasteiger partial charge is 0.411 e. The zero-order valence-corrected chi connectivity index (χ0v) is 15.8. The highest BCUT2D eigenvalue weighted by Gasteiger charge is 2.27. The first kappa shape index (κ1) is 21.6. The van der Waals surface area contributed by atoms with Crippen molar-refractivity contribution in [1.29, 1.82) is 0 Å². The van der Waals surface area contributed by atoms with Gasteiger partial charge in [0.25, 0.3) is 5.91 Å². The minimum Gasteiger partial charge on any atom is -0.497 e. The quantitative estimate of drug-likeness (QED) is 0.723. The molecule has 0 unspecified atom stereocenters. The van der Waals surface area contributed by atoms with E-state index in [0.717, 1.165) is 5.56 Å². The van der Waals surface area contributed by atoms with E-state index in [9.17, 15) is 18.0 Å². The van der Waals surface area contributed by atoms with Crippen molar-refractivity contribution in [3.8, 4) is 11.5 Å². The largest absolute Gasteiger partial charge is 0.497 e. The number of hydrogen-bond donors (Lipinski definition) is 1. The Kier molecular flexibility index (Phi) is 7.28. The first-order chi connectivity index (χ1) is 13.2. The topological polar surface area (TPSA) is 56.8 Å². The molecule has 28 heavy (non-hydrogen) atoms. The predicted octanol–water partition coefficient (Wildman–Crippen LogP) is 4.27. The molecule has 5 nitrogen and oxygen atoms in total. The van der Waals surface area contributed by atoms with Crippen molar-refractivity contribution >= 4 is 5.91 Å². The number of hydrogen-bond acceptors (Lipinski definition) is 4.